The molecule has 2 rings (SSSR count). The molecule has 1 fully saturated rings. The van der Waals surface area contributed by atoms with Gasteiger partial charge < -0.3 is 4.90 Å². The maximum Gasteiger partial charge on any atom is 0.0133 e. The summed E-state index contributed by atoms with van der Waals surface area (Å²) in [5.41, 5.74) is 4.64. The van der Waals surface area contributed by atoms with Gasteiger partial charge in [-0.2, -0.15) is 0 Å². The SMILES string of the molecule is CN1CCCC1C/C1=C/C=C\CC=C=C1. The molecule has 1 saturated heterocycles. The van der Waals surface area contributed by atoms with Crippen molar-refractivity contribution >= 4 is 0 Å². The number of nitrogens with zero attached hydrogens (tertiary/aromatic N) is 1. The van der Waals surface area contributed by atoms with E-state index >= 15 is 0 Å². The molecule has 1 heterocycles. The van der Waals surface area contributed by atoms with E-state index in [2.05, 4.69) is 48.1 Å². The minimum atomic E-state index is 0.738. The molecule has 1 unspecified atom stereocenters. The number of rotatable bonds is 2. The largest absolute Gasteiger partial charge is 0.303 e. The Morgan fingerprint density at radius 3 is 3.27 bits per heavy atom. The number of likely N-dealkylation sites (tertiary alicyclic amines) is 1. The molecule has 0 aromatic carbocycles. The zero-order valence-corrected chi connectivity index (χ0v) is 9.45. The molecule has 1 aliphatic carbocycles. The van der Waals surface area contributed by atoms with Crippen LogP contribution in [0.1, 0.15) is 25.7 Å². The fourth-order valence-electron chi connectivity index (χ4n) is 2.26. The molecule has 0 amide bonds. The van der Waals surface area contributed by atoms with Crippen LogP contribution < -0.4 is 0 Å². The van der Waals surface area contributed by atoms with Gasteiger partial charge in [-0.05, 0) is 57.0 Å². The van der Waals surface area contributed by atoms with Crippen LogP contribution in [0.5, 0.6) is 0 Å². The molecular weight excluding hydrogens is 182 g/mol. The smallest absolute Gasteiger partial charge is 0.0133 e. The van der Waals surface area contributed by atoms with Gasteiger partial charge in [0.1, 0.15) is 0 Å². The predicted molar refractivity (Wildman–Crippen MR) is 64.8 cm³/mol. The monoisotopic (exact) mass is 201 g/mol. The van der Waals surface area contributed by atoms with Gasteiger partial charge in [0.15, 0.2) is 0 Å². The molecule has 0 spiro atoms. The van der Waals surface area contributed by atoms with Crippen LogP contribution in [0.25, 0.3) is 0 Å². The highest BCUT2D eigenvalue weighted by molar-refractivity contribution is 5.26. The molecule has 0 bridgehead atoms. The van der Waals surface area contributed by atoms with Gasteiger partial charge in [0, 0.05) is 6.04 Å². The molecule has 1 atom stereocenters. The van der Waals surface area contributed by atoms with Crippen LogP contribution >= 0.6 is 0 Å². The first-order valence-corrected chi connectivity index (χ1v) is 5.83. The Hall–Kier alpha value is -1.04. The van der Waals surface area contributed by atoms with Crippen molar-refractivity contribution in [1.82, 2.24) is 4.90 Å². The summed E-state index contributed by atoms with van der Waals surface area (Å²) in [6, 6.07) is 0.738. The second kappa shape index (κ2) is 5.16. The summed E-state index contributed by atoms with van der Waals surface area (Å²) < 4.78 is 0. The van der Waals surface area contributed by atoms with Crippen molar-refractivity contribution in [3.8, 4) is 0 Å². The van der Waals surface area contributed by atoms with Crippen molar-refractivity contribution in [2.75, 3.05) is 13.6 Å². The number of hydrogen-bond donors (Lipinski definition) is 0. The van der Waals surface area contributed by atoms with Crippen LogP contribution in [-0.4, -0.2) is 24.5 Å². The minimum Gasteiger partial charge on any atom is -0.303 e. The van der Waals surface area contributed by atoms with Crippen LogP contribution in [0.3, 0.4) is 0 Å². The summed E-state index contributed by atoms with van der Waals surface area (Å²) in [6.45, 7) is 1.26. The molecule has 2 aliphatic rings. The highest BCUT2D eigenvalue weighted by Gasteiger charge is 2.20. The molecule has 1 nitrogen and oxygen atoms in total. The first kappa shape index (κ1) is 10.5. The third-order valence-electron chi connectivity index (χ3n) is 3.23. The van der Waals surface area contributed by atoms with E-state index in [-0.39, 0.29) is 0 Å². The van der Waals surface area contributed by atoms with Gasteiger partial charge in [-0.25, -0.2) is 0 Å². The fourth-order valence-corrected chi connectivity index (χ4v) is 2.26. The van der Waals surface area contributed by atoms with E-state index in [1.165, 1.54) is 31.4 Å². The molecule has 0 radical (unpaired) electrons. The normalized spacial score (nSPS) is 32.1. The van der Waals surface area contributed by atoms with Crippen LogP contribution in [0.4, 0.5) is 0 Å². The summed E-state index contributed by atoms with van der Waals surface area (Å²) in [6.07, 6.45) is 15.7. The highest BCUT2D eigenvalue weighted by Crippen LogP contribution is 2.22. The molecule has 1 aliphatic heterocycles. The molecule has 0 N–H and O–H groups in total. The summed E-state index contributed by atoms with van der Waals surface area (Å²) in [7, 11) is 2.23. The quantitative estimate of drug-likeness (QED) is 0.621. The third-order valence-corrected chi connectivity index (χ3v) is 3.23. The number of hydrogen-bond acceptors (Lipinski definition) is 1. The summed E-state index contributed by atoms with van der Waals surface area (Å²) >= 11 is 0. The van der Waals surface area contributed by atoms with Gasteiger partial charge in [0.25, 0.3) is 0 Å². The second-order valence-electron chi connectivity index (χ2n) is 4.40. The van der Waals surface area contributed by atoms with Crippen LogP contribution in [0, 0.1) is 0 Å². The van der Waals surface area contributed by atoms with E-state index in [9.17, 15) is 0 Å². The standard InChI is InChI=1S/C14H19N/c1-15-11-7-10-14(15)12-13-8-5-3-2-4-6-9-13/h3-5,8-9,14H,2,7,10-12H2,1H3/b5-3-,13-8+. The zero-order chi connectivity index (χ0) is 10.5. The topological polar surface area (TPSA) is 3.24 Å². The second-order valence-corrected chi connectivity index (χ2v) is 4.40. The maximum absolute atomic E-state index is 3.24. The van der Waals surface area contributed by atoms with Crippen molar-refractivity contribution in [2.45, 2.75) is 31.7 Å². The first-order valence-electron chi connectivity index (χ1n) is 5.83. The van der Waals surface area contributed by atoms with Crippen molar-refractivity contribution in [1.29, 1.82) is 0 Å². The van der Waals surface area contributed by atoms with Gasteiger partial charge in [0.05, 0.1) is 0 Å². The lowest BCUT2D eigenvalue weighted by Crippen LogP contribution is -2.24. The first-order chi connectivity index (χ1) is 7.36. The lowest BCUT2D eigenvalue weighted by molar-refractivity contribution is 0.310. The zero-order valence-electron chi connectivity index (χ0n) is 9.45. The summed E-state index contributed by atoms with van der Waals surface area (Å²) in [5, 5.41) is 0. The van der Waals surface area contributed by atoms with Gasteiger partial charge >= 0.3 is 0 Å². The van der Waals surface area contributed by atoms with E-state index in [0.717, 1.165) is 12.5 Å². The van der Waals surface area contributed by atoms with Crippen LogP contribution in [-0.2, 0) is 0 Å². The van der Waals surface area contributed by atoms with E-state index in [1.54, 1.807) is 0 Å². The highest BCUT2D eigenvalue weighted by atomic mass is 15.1. The van der Waals surface area contributed by atoms with Crippen molar-refractivity contribution in [2.24, 2.45) is 0 Å². The summed E-state index contributed by atoms with van der Waals surface area (Å²) in [5.74, 6) is 0. The Bertz CT molecular complexity index is 329. The van der Waals surface area contributed by atoms with Crippen molar-refractivity contribution in [3.63, 3.8) is 0 Å². The number of allylic oxidation sites excluding steroid dienone is 4. The van der Waals surface area contributed by atoms with E-state index < -0.39 is 0 Å². The lowest BCUT2D eigenvalue weighted by Gasteiger charge is -2.19. The predicted octanol–water partition coefficient (Wildman–Crippen LogP) is 3.07. The summed E-state index contributed by atoms with van der Waals surface area (Å²) in [4.78, 5) is 2.47. The molecular formula is C14H19N. The van der Waals surface area contributed by atoms with E-state index in [0.29, 0.717) is 0 Å². The van der Waals surface area contributed by atoms with Crippen molar-refractivity contribution < 1.29 is 0 Å². The Morgan fingerprint density at radius 1 is 1.53 bits per heavy atom. The average molecular weight is 201 g/mol. The average Bonchev–Trinajstić information content (AvgIpc) is 2.56. The van der Waals surface area contributed by atoms with Crippen LogP contribution in [0.15, 0.2) is 41.7 Å². The van der Waals surface area contributed by atoms with Gasteiger partial charge in [-0.3, -0.25) is 0 Å². The minimum absolute atomic E-state index is 0.738. The molecule has 15 heavy (non-hydrogen) atoms. The Balaban J connectivity index is 2.01. The molecule has 0 saturated carbocycles. The fraction of sp³-hybridized carbons (Fsp3) is 0.500. The Morgan fingerprint density at radius 2 is 2.47 bits per heavy atom. The van der Waals surface area contributed by atoms with Gasteiger partial charge in [-0.15, -0.1) is 5.73 Å². The van der Waals surface area contributed by atoms with E-state index in [1.807, 2.05) is 0 Å². The third kappa shape index (κ3) is 2.95. The lowest BCUT2D eigenvalue weighted by atomic mass is 10.0. The maximum atomic E-state index is 3.24. The molecule has 80 valence electrons. The van der Waals surface area contributed by atoms with Gasteiger partial charge in [-0.1, -0.05) is 18.2 Å². The molecule has 1 heteroatoms. The molecule has 0 aromatic rings. The van der Waals surface area contributed by atoms with E-state index in [4.69, 9.17) is 0 Å². The van der Waals surface area contributed by atoms with Crippen LogP contribution in [0.2, 0.25) is 0 Å². The van der Waals surface area contributed by atoms with Gasteiger partial charge in [0.2, 0.25) is 0 Å². The van der Waals surface area contributed by atoms with Crippen molar-refractivity contribution in [3.05, 3.63) is 41.7 Å². The molecule has 0 aromatic heterocycles. The Kier molecular flexibility index (Phi) is 3.60. The Labute approximate surface area is 92.5 Å².